The lowest BCUT2D eigenvalue weighted by Crippen LogP contribution is -2.25. The van der Waals surface area contributed by atoms with E-state index < -0.39 is 0 Å². The highest BCUT2D eigenvalue weighted by atomic mass is 16.3. The van der Waals surface area contributed by atoms with Crippen LogP contribution in [0.1, 0.15) is 11.3 Å². The second kappa shape index (κ2) is 4.28. The van der Waals surface area contributed by atoms with Gasteiger partial charge in [0.05, 0.1) is 23.0 Å². The van der Waals surface area contributed by atoms with Gasteiger partial charge in [-0.3, -0.25) is 5.41 Å². The van der Waals surface area contributed by atoms with Gasteiger partial charge >= 0.3 is 0 Å². The number of rotatable bonds is 3. The minimum Gasteiger partial charge on any atom is -0.467 e. The van der Waals surface area contributed by atoms with Crippen LogP contribution in [0.3, 0.4) is 0 Å². The molecule has 0 aliphatic rings. The lowest BCUT2D eigenvalue weighted by atomic mass is 10.3. The minimum atomic E-state index is 0.0272. The minimum absolute atomic E-state index is 0.0272. The topological polar surface area (TPSA) is 71.8 Å². The number of nitrogens with two attached hydrogens (primary N) is 1. The summed E-state index contributed by atoms with van der Waals surface area (Å²) in [5.74, 6) is 0.815. The van der Waals surface area contributed by atoms with E-state index in [-0.39, 0.29) is 5.84 Å². The van der Waals surface area contributed by atoms with E-state index in [0.29, 0.717) is 12.1 Å². The largest absolute Gasteiger partial charge is 0.467 e. The number of nitrogens with one attached hydrogen (secondary N) is 1. The zero-order valence-corrected chi connectivity index (χ0v) is 10.6. The van der Waals surface area contributed by atoms with Gasteiger partial charge in [-0.25, -0.2) is 4.57 Å². The summed E-state index contributed by atoms with van der Waals surface area (Å²) in [4.78, 5) is 0. The third kappa shape index (κ3) is 2.10. The first-order valence-corrected chi connectivity index (χ1v) is 5.99. The highest BCUT2D eigenvalue weighted by Gasteiger charge is 2.08. The molecule has 0 aromatic carbocycles. The Hall–Kier alpha value is -2.56. The molecular weight excluding hydrogens is 240 g/mol. The van der Waals surface area contributed by atoms with Crippen molar-refractivity contribution in [2.75, 3.05) is 0 Å². The van der Waals surface area contributed by atoms with Crippen molar-refractivity contribution in [3.8, 4) is 0 Å². The lowest BCUT2D eigenvalue weighted by molar-refractivity contribution is -0.670. The Labute approximate surface area is 110 Å². The van der Waals surface area contributed by atoms with Crippen LogP contribution in [-0.2, 0) is 13.6 Å². The number of hydrogen-bond acceptors (Lipinski definition) is 2. The second-order valence-electron chi connectivity index (χ2n) is 4.61. The summed E-state index contributed by atoms with van der Waals surface area (Å²) in [6.45, 7) is 0.629. The number of nitrogens with zero attached hydrogens (tertiary/aromatic N) is 2. The molecule has 19 heavy (non-hydrogen) atoms. The summed E-state index contributed by atoms with van der Waals surface area (Å²) >= 11 is 0. The monoisotopic (exact) mass is 255 g/mol. The molecule has 0 amide bonds. The van der Waals surface area contributed by atoms with Crippen molar-refractivity contribution in [2.24, 2.45) is 12.8 Å². The van der Waals surface area contributed by atoms with Gasteiger partial charge in [-0.15, -0.1) is 0 Å². The molecule has 3 N–H and O–H groups in total. The summed E-state index contributed by atoms with van der Waals surface area (Å²) < 4.78 is 9.56. The van der Waals surface area contributed by atoms with Gasteiger partial charge < -0.3 is 14.7 Å². The number of fused-ring (bicyclic) bond motifs is 1. The lowest BCUT2D eigenvalue weighted by Gasteiger charge is -2.01. The molecule has 96 valence electrons. The first kappa shape index (κ1) is 11.5. The molecule has 0 atom stereocenters. The van der Waals surface area contributed by atoms with E-state index in [1.165, 1.54) is 11.6 Å². The fourth-order valence-electron chi connectivity index (χ4n) is 2.16. The SMILES string of the molecule is C[n+]1ccc2c(ccn2Cc2cc(C(=N)N)co2)c1. The van der Waals surface area contributed by atoms with Gasteiger partial charge in [-0.05, 0) is 12.1 Å². The van der Waals surface area contributed by atoms with Crippen molar-refractivity contribution in [2.45, 2.75) is 6.54 Å². The van der Waals surface area contributed by atoms with E-state index >= 15 is 0 Å². The second-order valence-corrected chi connectivity index (χ2v) is 4.61. The first-order chi connectivity index (χ1) is 9.13. The van der Waals surface area contributed by atoms with Gasteiger partial charge in [0.15, 0.2) is 12.4 Å². The number of nitrogen functional groups attached to an aromatic ring is 1. The van der Waals surface area contributed by atoms with Crippen LogP contribution in [0.2, 0.25) is 0 Å². The maximum absolute atomic E-state index is 7.36. The van der Waals surface area contributed by atoms with Crippen molar-refractivity contribution in [1.82, 2.24) is 4.57 Å². The van der Waals surface area contributed by atoms with E-state index in [2.05, 4.69) is 22.9 Å². The average Bonchev–Trinajstić information content (AvgIpc) is 2.97. The van der Waals surface area contributed by atoms with E-state index in [0.717, 1.165) is 11.3 Å². The molecule has 0 saturated carbocycles. The summed E-state index contributed by atoms with van der Waals surface area (Å²) in [7, 11) is 2.00. The van der Waals surface area contributed by atoms with E-state index in [1.54, 1.807) is 6.07 Å². The van der Waals surface area contributed by atoms with Gasteiger partial charge in [0.25, 0.3) is 0 Å². The van der Waals surface area contributed by atoms with Crippen molar-refractivity contribution in [3.05, 3.63) is 54.4 Å². The molecule has 0 saturated heterocycles. The molecule has 0 bridgehead atoms. The quantitative estimate of drug-likeness (QED) is 0.422. The standard InChI is InChI=1S/C14H15N4O/c1-17-4-3-13-10(7-17)2-5-18(13)8-12-6-11(9-19-12)14(15)16/h2-7,9H,8H2,1H3,(H3,15,16)/q+1. The van der Waals surface area contributed by atoms with Gasteiger partial charge in [-0.1, -0.05) is 0 Å². The van der Waals surface area contributed by atoms with Crippen molar-refractivity contribution < 1.29 is 8.98 Å². The molecule has 5 heteroatoms. The zero-order valence-electron chi connectivity index (χ0n) is 10.6. The predicted molar refractivity (Wildman–Crippen MR) is 71.9 cm³/mol. The Kier molecular flexibility index (Phi) is 2.59. The van der Waals surface area contributed by atoms with Gasteiger partial charge in [0.2, 0.25) is 0 Å². The first-order valence-electron chi connectivity index (χ1n) is 5.99. The molecule has 5 nitrogen and oxygen atoms in total. The Morgan fingerprint density at radius 1 is 1.47 bits per heavy atom. The van der Waals surface area contributed by atoms with Gasteiger partial charge in [-0.2, -0.15) is 0 Å². The molecule has 3 rings (SSSR count). The van der Waals surface area contributed by atoms with Gasteiger partial charge in [0.1, 0.15) is 24.9 Å². The van der Waals surface area contributed by atoms with Crippen molar-refractivity contribution >= 4 is 16.7 Å². The highest BCUT2D eigenvalue weighted by Crippen LogP contribution is 2.16. The predicted octanol–water partition coefficient (Wildman–Crippen LogP) is 1.39. The fraction of sp³-hybridized carbons (Fsp3) is 0.143. The van der Waals surface area contributed by atoms with Crippen LogP contribution in [0.4, 0.5) is 0 Å². The number of amidine groups is 1. The number of hydrogen-bond donors (Lipinski definition) is 2. The number of pyridine rings is 1. The summed E-state index contributed by atoms with van der Waals surface area (Å²) in [5.41, 5.74) is 7.20. The molecular formula is C14H15N4O+. The Bertz CT molecular complexity index is 754. The third-order valence-electron chi connectivity index (χ3n) is 3.14. The van der Waals surface area contributed by atoms with E-state index in [9.17, 15) is 0 Å². The van der Waals surface area contributed by atoms with Gasteiger partial charge in [0, 0.05) is 12.3 Å². The summed E-state index contributed by atoms with van der Waals surface area (Å²) in [5, 5.41) is 8.55. The fourth-order valence-corrected chi connectivity index (χ4v) is 2.16. The van der Waals surface area contributed by atoms with Crippen LogP contribution in [0.5, 0.6) is 0 Å². The van der Waals surface area contributed by atoms with Crippen LogP contribution in [0.15, 0.2) is 47.5 Å². The molecule has 3 heterocycles. The van der Waals surface area contributed by atoms with Crippen LogP contribution in [-0.4, -0.2) is 10.4 Å². The van der Waals surface area contributed by atoms with Crippen LogP contribution >= 0.6 is 0 Å². The van der Waals surface area contributed by atoms with Crippen LogP contribution < -0.4 is 10.3 Å². The summed E-state index contributed by atoms with van der Waals surface area (Å²) in [6.07, 6.45) is 7.64. The maximum Gasteiger partial charge on any atom is 0.177 e. The summed E-state index contributed by atoms with van der Waals surface area (Å²) in [6, 6.07) is 5.95. The number of aryl methyl sites for hydroxylation is 1. The molecule has 3 aromatic heterocycles. The smallest absolute Gasteiger partial charge is 0.177 e. The van der Waals surface area contributed by atoms with E-state index in [1.807, 2.05) is 24.0 Å². The molecule has 0 unspecified atom stereocenters. The Morgan fingerprint density at radius 3 is 3.05 bits per heavy atom. The van der Waals surface area contributed by atoms with E-state index in [4.69, 9.17) is 15.6 Å². The molecule has 0 aliphatic heterocycles. The normalized spacial score (nSPS) is 11.0. The molecule has 3 aromatic rings. The zero-order chi connectivity index (χ0) is 13.4. The third-order valence-corrected chi connectivity index (χ3v) is 3.14. The number of furan rings is 1. The highest BCUT2D eigenvalue weighted by molar-refractivity contribution is 5.94. The maximum atomic E-state index is 7.36. The Morgan fingerprint density at radius 2 is 2.32 bits per heavy atom. The molecule has 0 aliphatic carbocycles. The van der Waals surface area contributed by atoms with Crippen LogP contribution in [0, 0.1) is 5.41 Å². The molecule has 0 spiro atoms. The number of aromatic nitrogens is 2. The molecule has 0 radical (unpaired) electrons. The van der Waals surface area contributed by atoms with Crippen molar-refractivity contribution in [3.63, 3.8) is 0 Å². The van der Waals surface area contributed by atoms with Crippen molar-refractivity contribution in [1.29, 1.82) is 5.41 Å². The average molecular weight is 255 g/mol. The Balaban J connectivity index is 1.94. The molecule has 0 fully saturated rings. The van der Waals surface area contributed by atoms with Crippen LogP contribution in [0.25, 0.3) is 10.9 Å².